The number of benzene rings is 1. The number of carbonyl (C=O) groups excluding carboxylic acids is 1. The van der Waals surface area contributed by atoms with Crippen LogP contribution in [0.4, 0.5) is 0 Å². The van der Waals surface area contributed by atoms with Crippen LogP contribution in [0.1, 0.15) is 35.5 Å². The quantitative estimate of drug-likeness (QED) is 0.855. The van der Waals surface area contributed by atoms with Gasteiger partial charge in [-0.2, -0.15) is 5.10 Å². The molecule has 0 radical (unpaired) electrons. The molecular weight excluding hydrogens is 268 g/mol. The lowest BCUT2D eigenvalue weighted by molar-refractivity contribution is 0.0369. The van der Waals surface area contributed by atoms with Crippen LogP contribution in [0, 0.1) is 0 Å². The molecule has 1 aromatic heterocycles. The molecule has 0 saturated heterocycles. The van der Waals surface area contributed by atoms with Crippen molar-refractivity contribution in [1.82, 2.24) is 10.2 Å². The second-order valence-electron chi connectivity index (χ2n) is 5.05. The van der Waals surface area contributed by atoms with Gasteiger partial charge in [0.15, 0.2) is 5.69 Å². The van der Waals surface area contributed by atoms with Crippen LogP contribution in [0.2, 0.25) is 0 Å². The van der Waals surface area contributed by atoms with E-state index in [0.717, 1.165) is 12.0 Å². The normalized spacial score (nSPS) is 10.6. The Morgan fingerprint density at radius 2 is 1.95 bits per heavy atom. The third-order valence-corrected chi connectivity index (χ3v) is 2.96. The van der Waals surface area contributed by atoms with Crippen molar-refractivity contribution in [2.24, 2.45) is 0 Å². The standard InChI is InChI=1S/C16H18N2O3/c1-11(2)21-16(20)14-10-13(15(19)18-17-14)9-8-12-6-4-3-5-7-12/h3-7,10-11H,8-9H2,1-2H3,(H,18,19). The summed E-state index contributed by atoms with van der Waals surface area (Å²) in [6.45, 7) is 3.53. The molecule has 0 saturated carbocycles. The van der Waals surface area contributed by atoms with Gasteiger partial charge in [-0.15, -0.1) is 0 Å². The Morgan fingerprint density at radius 3 is 2.62 bits per heavy atom. The molecule has 2 aromatic rings. The molecule has 0 amide bonds. The molecule has 0 fully saturated rings. The lowest BCUT2D eigenvalue weighted by Crippen LogP contribution is -2.20. The van der Waals surface area contributed by atoms with Crippen LogP contribution in [-0.4, -0.2) is 22.3 Å². The maximum Gasteiger partial charge on any atom is 0.359 e. The first-order valence-corrected chi connectivity index (χ1v) is 6.90. The Hall–Kier alpha value is -2.43. The molecule has 2 rings (SSSR count). The third kappa shape index (κ3) is 4.27. The van der Waals surface area contributed by atoms with E-state index in [1.54, 1.807) is 13.8 Å². The predicted molar refractivity (Wildman–Crippen MR) is 79.3 cm³/mol. The number of nitrogens with one attached hydrogen (secondary N) is 1. The number of hydrogen-bond acceptors (Lipinski definition) is 4. The van der Waals surface area contributed by atoms with Gasteiger partial charge in [0.05, 0.1) is 6.10 Å². The third-order valence-electron chi connectivity index (χ3n) is 2.96. The summed E-state index contributed by atoms with van der Waals surface area (Å²) in [5.41, 5.74) is 1.53. The summed E-state index contributed by atoms with van der Waals surface area (Å²) < 4.78 is 5.07. The zero-order valence-electron chi connectivity index (χ0n) is 12.1. The van der Waals surface area contributed by atoms with Gasteiger partial charge in [-0.05, 0) is 38.3 Å². The zero-order chi connectivity index (χ0) is 15.2. The van der Waals surface area contributed by atoms with Crippen molar-refractivity contribution in [1.29, 1.82) is 0 Å². The monoisotopic (exact) mass is 286 g/mol. The van der Waals surface area contributed by atoms with Crippen molar-refractivity contribution < 1.29 is 9.53 Å². The van der Waals surface area contributed by atoms with Gasteiger partial charge < -0.3 is 4.74 Å². The van der Waals surface area contributed by atoms with Crippen LogP contribution in [0.5, 0.6) is 0 Å². The summed E-state index contributed by atoms with van der Waals surface area (Å²) >= 11 is 0. The number of carbonyl (C=O) groups is 1. The molecule has 110 valence electrons. The average Bonchev–Trinajstić information content (AvgIpc) is 2.46. The summed E-state index contributed by atoms with van der Waals surface area (Å²) in [6.07, 6.45) is 1.05. The van der Waals surface area contributed by atoms with Gasteiger partial charge in [0.2, 0.25) is 0 Å². The molecule has 0 aliphatic carbocycles. The molecule has 0 aliphatic heterocycles. The van der Waals surface area contributed by atoms with E-state index >= 15 is 0 Å². The number of hydrogen-bond donors (Lipinski definition) is 1. The second kappa shape index (κ2) is 6.83. The van der Waals surface area contributed by atoms with Crippen LogP contribution < -0.4 is 5.56 Å². The summed E-state index contributed by atoms with van der Waals surface area (Å²) in [5, 5.41) is 6.09. The predicted octanol–water partition coefficient (Wildman–Crippen LogP) is 2.12. The number of H-pyrrole nitrogens is 1. The number of ether oxygens (including phenoxy) is 1. The van der Waals surface area contributed by atoms with Gasteiger partial charge in [-0.25, -0.2) is 9.89 Å². The van der Waals surface area contributed by atoms with Crippen molar-refractivity contribution >= 4 is 5.97 Å². The maximum absolute atomic E-state index is 11.8. The molecule has 5 nitrogen and oxygen atoms in total. The molecular formula is C16H18N2O3. The average molecular weight is 286 g/mol. The van der Waals surface area contributed by atoms with Crippen LogP contribution in [0.25, 0.3) is 0 Å². The van der Waals surface area contributed by atoms with Crippen LogP contribution >= 0.6 is 0 Å². The van der Waals surface area contributed by atoms with Gasteiger partial charge in [0.1, 0.15) is 0 Å². The summed E-state index contributed by atoms with van der Waals surface area (Å²) in [5.74, 6) is -0.526. The Kier molecular flexibility index (Phi) is 4.87. The molecule has 0 unspecified atom stereocenters. The summed E-state index contributed by atoms with van der Waals surface area (Å²) in [6, 6.07) is 11.4. The minimum atomic E-state index is -0.526. The summed E-state index contributed by atoms with van der Waals surface area (Å²) in [4.78, 5) is 23.6. The number of aryl methyl sites for hydroxylation is 2. The Bertz CT molecular complexity index is 663. The highest BCUT2D eigenvalue weighted by molar-refractivity contribution is 5.87. The van der Waals surface area contributed by atoms with Crippen molar-refractivity contribution in [2.45, 2.75) is 32.8 Å². The van der Waals surface area contributed by atoms with E-state index in [9.17, 15) is 9.59 Å². The van der Waals surface area contributed by atoms with Crippen molar-refractivity contribution in [3.63, 3.8) is 0 Å². The smallest absolute Gasteiger partial charge is 0.359 e. The lowest BCUT2D eigenvalue weighted by Gasteiger charge is -2.07. The molecule has 0 bridgehead atoms. The first kappa shape index (κ1) is 15.0. The molecule has 0 spiro atoms. The van der Waals surface area contributed by atoms with Crippen LogP contribution in [0.3, 0.4) is 0 Å². The molecule has 0 atom stereocenters. The van der Waals surface area contributed by atoms with E-state index in [-0.39, 0.29) is 17.4 Å². The van der Waals surface area contributed by atoms with Crippen molar-refractivity contribution in [3.8, 4) is 0 Å². The van der Waals surface area contributed by atoms with Gasteiger partial charge in [-0.3, -0.25) is 4.79 Å². The van der Waals surface area contributed by atoms with E-state index in [1.807, 2.05) is 30.3 Å². The van der Waals surface area contributed by atoms with Gasteiger partial charge >= 0.3 is 5.97 Å². The molecule has 5 heteroatoms. The highest BCUT2D eigenvalue weighted by atomic mass is 16.5. The number of esters is 1. The minimum Gasteiger partial charge on any atom is -0.458 e. The number of nitrogens with zero attached hydrogens (tertiary/aromatic N) is 1. The maximum atomic E-state index is 11.8. The Morgan fingerprint density at radius 1 is 1.24 bits per heavy atom. The molecule has 0 aliphatic rings. The SMILES string of the molecule is CC(C)OC(=O)c1cc(CCc2ccccc2)c(=O)[nH]n1. The number of rotatable bonds is 5. The lowest BCUT2D eigenvalue weighted by atomic mass is 10.1. The highest BCUT2D eigenvalue weighted by Crippen LogP contribution is 2.06. The Labute approximate surface area is 123 Å². The first-order chi connectivity index (χ1) is 10.1. The van der Waals surface area contributed by atoms with E-state index in [2.05, 4.69) is 10.2 Å². The summed E-state index contributed by atoms with van der Waals surface area (Å²) in [7, 11) is 0. The van der Waals surface area contributed by atoms with E-state index < -0.39 is 5.97 Å². The first-order valence-electron chi connectivity index (χ1n) is 6.90. The van der Waals surface area contributed by atoms with E-state index in [1.165, 1.54) is 6.07 Å². The fourth-order valence-corrected chi connectivity index (χ4v) is 1.93. The molecule has 21 heavy (non-hydrogen) atoms. The molecule has 1 heterocycles. The number of aromatic amines is 1. The van der Waals surface area contributed by atoms with Gasteiger partial charge in [0.25, 0.3) is 5.56 Å². The Balaban J connectivity index is 2.12. The van der Waals surface area contributed by atoms with E-state index in [0.29, 0.717) is 12.0 Å². The molecule has 1 aromatic carbocycles. The van der Waals surface area contributed by atoms with Crippen molar-refractivity contribution in [2.75, 3.05) is 0 Å². The highest BCUT2D eigenvalue weighted by Gasteiger charge is 2.13. The van der Waals surface area contributed by atoms with Gasteiger partial charge in [-0.1, -0.05) is 30.3 Å². The molecule has 1 N–H and O–H groups in total. The van der Waals surface area contributed by atoms with Crippen LogP contribution in [0.15, 0.2) is 41.2 Å². The van der Waals surface area contributed by atoms with Crippen LogP contribution in [-0.2, 0) is 17.6 Å². The largest absolute Gasteiger partial charge is 0.458 e. The van der Waals surface area contributed by atoms with Crippen molar-refractivity contribution in [3.05, 3.63) is 63.6 Å². The number of aromatic nitrogens is 2. The topological polar surface area (TPSA) is 72.1 Å². The minimum absolute atomic E-state index is 0.131. The van der Waals surface area contributed by atoms with Gasteiger partial charge in [0, 0.05) is 5.56 Å². The second-order valence-corrected chi connectivity index (χ2v) is 5.05. The van der Waals surface area contributed by atoms with E-state index in [4.69, 9.17) is 4.74 Å². The fraction of sp³-hybridized carbons (Fsp3) is 0.312. The fourth-order valence-electron chi connectivity index (χ4n) is 1.93. The zero-order valence-corrected chi connectivity index (χ0v) is 12.1.